The zero-order valence-electron chi connectivity index (χ0n) is 9.42. The lowest BCUT2D eigenvalue weighted by Gasteiger charge is -2.15. The fraction of sp³-hybridized carbons (Fsp3) is 0.250. The number of carboxylic acids is 1. The molecule has 17 heavy (non-hydrogen) atoms. The number of thiophene rings is 1. The highest BCUT2D eigenvalue weighted by Crippen LogP contribution is 2.19. The van der Waals surface area contributed by atoms with Crippen molar-refractivity contribution in [2.24, 2.45) is 0 Å². The van der Waals surface area contributed by atoms with Crippen molar-refractivity contribution in [1.29, 1.82) is 0 Å². The van der Waals surface area contributed by atoms with E-state index >= 15 is 0 Å². The summed E-state index contributed by atoms with van der Waals surface area (Å²) in [7, 11) is 1.95. The summed E-state index contributed by atoms with van der Waals surface area (Å²) in [6.45, 7) is 1.36. The van der Waals surface area contributed by atoms with Gasteiger partial charge in [0.2, 0.25) is 0 Å². The van der Waals surface area contributed by atoms with Crippen LogP contribution < -0.4 is 0 Å². The van der Waals surface area contributed by atoms with Gasteiger partial charge in [-0.1, -0.05) is 0 Å². The molecule has 2 rings (SSSR count). The Bertz CT molecular complexity index is 490. The minimum atomic E-state index is -0.855. The maximum absolute atomic E-state index is 11.0. The van der Waals surface area contributed by atoms with Crippen LogP contribution in [0, 0.1) is 0 Å². The zero-order valence-corrected chi connectivity index (χ0v) is 10.2. The summed E-state index contributed by atoms with van der Waals surface area (Å²) < 4.78 is 4.99. The van der Waals surface area contributed by atoms with E-state index in [4.69, 9.17) is 9.52 Å². The van der Waals surface area contributed by atoms with Crippen molar-refractivity contribution in [2.75, 3.05) is 7.05 Å². The summed E-state index contributed by atoms with van der Waals surface area (Å²) in [5, 5.41) is 10.8. The number of hydrogen-bond acceptors (Lipinski definition) is 4. The lowest BCUT2D eigenvalue weighted by Crippen LogP contribution is -2.17. The van der Waals surface area contributed by atoms with Gasteiger partial charge in [-0.05, 0) is 30.1 Å². The summed E-state index contributed by atoms with van der Waals surface area (Å²) in [5.74, 6) is -0.855. The quantitative estimate of drug-likeness (QED) is 0.887. The van der Waals surface area contributed by atoms with E-state index in [1.54, 1.807) is 12.5 Å². The molecule has 0 radical (unpaired) electrons. The van der Waals surface area contributed by atoms with E-state index in [2.05, 4.69) is 4.90 Å². The van der Waals surface area contributed by atoms with Crippen LogP contribution in [-0.2, 0) is 13.1 Å². The SMILES string of the molecule is CN(Cc1ccoc1)Cc1ccsc1C(=O)O. The average molecular weight is 251 g/mol. The number of aromatic carboxylic acids is 1. The van der Waals surface area contributed by atoms with Crippen molar-refractivity contribution in [1.82, 2.24) is 4.90 Å². The molecule has 0 aliphatic heterocycles. The maximum atomic E-state index is 11.0. The maximum Gasteiger partial charge on any atom is 0.346 e. The van der Waals surface area contributed by atoms with Crippen LogP contribution in [0.1, 0.15) is 20.8 Å². The molecule has 0 aliphatic rings. The van der Waals surface area contributed by atoms with Crippen molar-refractivity contribution in [2.45, 2.75) is 13.1 Å². The van der Waals surface area contributed by atoms with Gasteiger partial charge in [-0.2, -0.15) is 0 Å². The molecule has 1 N–H and O–H groups in total. The van der Waals surface area contributed by atoms with Crippen LogP contribution in [0.4, 0.5) is 0 Å². The molecule has 0 atom stereocenters. The minimum Gasteiger partial charge on any atom is -0.477 e. The second kappa shape index (κ2) is 5.16. The van der Waals surface area contributed by atoms with Crippen LogP contribution >= 0.6 is 11.3 Å². The Morgan fingerprint density at radius 1 is 1.47 bits per heavy atom. The van der Waals surface area contributed by atoms with E-state index in [0.717, 1.165) is 17.7 Å². The lowest BCUT2D eigenvalue weighted by atomic mass is 10.2. The number of carboxylic acid groups (broad SMARTS) is 1. The van der Waals surface area contributed by atoms with Gasteiger partial charge in [-0.3, -0.25) is 4.90 Å². The molecule has 0 unspecified atom stereocenters. The fourth-order valence-corrected chi connectivity index (χ4v) is 2.44. The van der Waals surface area contributed by atoms with Crippen LogP contribution in [0.3, 0.4) is 0 Å². The van der Waals surface area contributed by atoms with Crippen molar-refractivity contribution >= 4 is 17.3 Å². The van der Waals surface area contributed by atoms with Gasteiger partial charge in [-0.15, -0.1) is 11.3 Å². The molecule has 0 aromatic carbocycles. The van der Waals surface area contributed by atoms with Crippen LogP contribution in [0.25, 0.3) is 0 Å². The molecule has 5 heteroatoms. The van der Waals surface area contributed by atoms with E-state index in [-0.39, 0.29) is 0 Å². The molecule has 2 aromatic heterocycles. The predicted octanol–water partition coefficient (Wildman–Crippen LogP) is 2.67. The van der Waals surface area contributed by atoms with Crippen LogP contribution in [0.15, 0.2) is 34.5 Å². The first-order valence-electron chi connectivity index (χ1n) is 5.16. The van der Waals surface area contributed by atoms with E-state index < -0.39 is 5.97 Å². The van der Waals surface area contributed by atoms with Gasteiger partial charge in [0.15, 0.2) is 0 Å². The summed E-state index contributed by atoms with van der Waals surface area (Å²) in [6, 6.07) is 3.77. The third-order valence-electron chi connectivity index (χ3n) is 2.41. The first-order chi connectivity index (χ1) is 8.16. The van der Waals surface area contributed by atoms with E-state index in [0.29, 0.717) is 11.4 Å². The molecular weight excluding hydrogens is 238 g/mol. The highest BCUT2D eigenvalue weighted by Gasteiger charge is 2.13. The number of nitrogens with zero attached hydrogens (tertiary/aromatic N) is 1. The Kier molecular flexibility index (Phi) is 3.61. The fourth-order valence-electron chi connectivity index (χ4n) is 1.69. The smallest absolute Gasteiger partial charge is 0.346 e. The standard InChI is InChI=1S/C12H13NO3S/c1-13(6-9-2-4-16-8-9)7-10-3-5-17-11(10)12(14)15/h2-5,8H,6-7H2,1H3,(H,14,15). The molecule has 0 aliphatic carbocycles. The minimum absolute atomic E-state index is 0.420. The van der Waals surface area contributed by atoms with E-state index in [1.165, 1.54) is 11.3 Å². The van der Waals surface area contributed by atoms with Gasteiger partial charge in [0.1, 0.15) is 4.88 Å². The molecule has 4 nitrogen and oxygen atoms in total. The molecule has 0 saturated heterocycles. The van der Waals surface area contributed by atoms with Gasteiger partial charge in [0, 0.05) is 18.7 Å². The van der Waals surface area contributed by atoms with E-state index in [1.807, 2.05) is 24.6 Å². The summed E-state index contributed by atoms with van der Waals surface area (Å²) in [6.07, 6.45) is 3.33. The van der Waals surface area contributed by atoms with Crippen molar-refractivity contribution in [3.05, 3.63) is 46.0 Å². The number of carbonyl (C=O) groups is 1. The van der Waals surface area contributed by atoms with Gasteiger partial charge in [0.05, 0.1) is 12.5 Å². The Hall–Kier alpha value is -1.59. The molecule has 0 fully saturated rings. The first kappa shape index (κ1) is 11.9. The topological polar surface area (TPSA) is 53.7 Å². The molecular formula is C12H13NO3S. The first-order valence-corrected chi connectivity index (χ1v) is 6.04. The van der Waals surface area contributed by atoms with Crippen LogP contribution in [0.5, 0.6) is 0 Å². The molecule has 0 saturated carbocycles. The van der Waals surface area contributed by atoms with Crippen molar-refractivity contribution in [3.8, 4) is 0 Å². The zero-order chi connectivity index (χ0) is 12.3. The Morgan fingerprint density at radius 3 is 2.94 bits per heavy atom. The third kappa shape index (κ3) is 2.95. The van der Waals surface area contributed by atoms with Gasteiger partial charge in [0.25, 0.3) is 0 Å². The Labute approximate surface area is 103 Å². The molecule has 90 valence electrons. The monoisotopic (exact) mass is 251 g/mol. The summed E-state index contributed by atoms with van der Waals surface area (Å²) >= 11 is 1.26. The van der Waals surface area contributed by atoms with Crippen molar-refractivity contribution in [3.63, 3.8) is 0 Å². The van der Waals surface area contributed by atoms with Gasteiger partial charge in [-0.25, -0.2) is 4.79 Å². The number of furan rings is 1. The van der Waals surface area contributed by atoms with E-state index in [9.17, 15) is 4.79 Å². The normalized spacial score (nSPS) is 10.9. The van der Waals surface area contributed by atoms with Crippen molar-refractivity contribution < 1.29 is 14.3 Å². The van der Waals surface area contributed by atoms with Gasteiger partial charge >= 0.3 is 5.97 Å². The lowest BCUT2D eigenvalue weighted by molar-refractivity contribution is 0.0700. The third-order valence-corrected chi connectivity index (χ3v) is 3.36. The summed E-state index contributed by atoms with van der Waals surface area (Å²) in [5.41, 5.74) is 1.94. The average Bonchev–Trinajstić information content (AvgIpc) is 2.88. The second-order valence-corrected chi connectivity index (χ2v) is 4.80. The molecule has 0 amide bonds. The predicted molar refractivity (Wildman–Crippen MR) is 65.2 cm³/mol. The number of hydrogen-bond donors (Lipinski definition) is 1. The molecule has 2 heterocycles. The van der Waals surface area contributed by atoms with Gasteiger partial charge < -0.3 is 9.52 Å². The molecule has 0 spiro atoms. The Balaban J connectivity index is 2.00. The number of rotatable bonds is 5. The summed E-state index contributed by atoms with van der Waals surface area (Å²) in [4.78, 5) is 13.4. The Morgan fingerprint density at radius 2 is 2.29 bits per heavy atom. The molecule has 2 aromatic rings. The van der Waals surface area contributed by atoms with Crippen LogP contribution in [0.2, 0.25) is 0 Å². The highest BCUT2D eigenvalue weighted by atomic mass is 32.1. The highest BCUT2D eigenvalue weighted by molar-refractivity contribution is 7.12. The second-order valence-electron chi connectivity index (χ2n) is 3.88. The molecule has 0 bridgehead atoms. The van der Waals surface area contributed by atoms with Crippen LogP contribution in [-0.4, -0.2) is 23.0 Å². The largest absolute Gasteiger partial charge is 0.477 e.